The summed E-state index contributed by atoms with van der Waals surface area (Å²) >= 11 is 2.06. The lowest BCUT2D eigenvalue weighted by atomic mass is 9.85. The molecular weight excluding hydrogens is 308 g/mol. The number of hydrogen-bond donors (Lipinski definition) is 2. The van der Waals surface area contributed by atoms with Crippen LogP contribution in [0.15, 0.2) is 4.99 Å². The molecule has 5 nitrogen and oxygen atoms in total. The molecule has 1 saturated carbocycles. The lowest BCUT2D eigenvalue weighted by molar-refractivity contribution is -0.134. The Labute approximate surface area is 145 Å². The van der Waals surface area contributed by atoms with Crippen molar-refractivity contribution >= 4 is 23.6 Å². The van der Waals surface area contributed by atoms with E-state index < -0.39 is 0 Å². The molecule has 2 N–H and O–H groups in total. The summed E-state index contributed by atoms with van der Waals surface area (Å²) in [6.07, 6.45) is 6.77. The van der Waals surface area contributed by atoms with Gasteiger partial charge in [0.15, 0.2) is 5.96 Å². The van der Waals surface area contributed by atoms with Crippen LogP contribution in [0, 0.1) is 11.8 Å². The molecule has 1 heterocycles. The summed E-state index contributed by atoms with van der Waals surface area (Å²) < 4.78 is 0. The van der Waals surface area contributed by atoms with E-state index in [0.29, 0.717) is 6.04 Å². The topological polar surface area (TPSA) is 56.7 Å². The van der Waals surface area contributed by atoms with Gasteiger partial charge in [0.2, 0.25) is 5.91 Å². The summed E-state index contributed by atoms with van der Waals surface area (Å²) in [5.74, 6) is 4.66. The summed E-state index contributed by atoms with van der Waals surface area (Å²) in [5, 5.41) is 7.02. The number of amides is 1. The lowest BCUT2D eigenvalue weighted by Gasteiger charge is -2.32. The number of carbonyl (C=O) groups excluding carboxylic acids is 1. The Hall–Kier alpha value is -0.910. The smallest absolute Gasteiger partial charge is 0.225 e. The van der Waals surface area contributed by atoms with Crippen LogP contribution in [0.2, 0.25) is 0 Å². The predicted molar refractivity (Wildman–Crippen MR) is 99.0 cm³/mol. The molecule has 2 fully saturated rings. The van der Waals surface area contributed by atoms with Gasteiger partial charge < -0.3 is 15.5 Å². The third kappa shape index (κ3) is 5.90. The number of nitrogens with zero attached hydrogens (tertiary/aromatic N) is 2. The van der Waals surface area contributed by atoms with Crippen LogP contribution in [0.3, 0.4) is 0 Å². The van der Waals surface area contributed by atoms with Gasteiger partial charge in [0.25, 0.3) is 0 Å². The fourth-order valence-electron chi connectivity index (χ4n) is 3.49. The number of thioether (sulfide) groups is 1. The molecule has 132 valence electrons. The molecule has 2 rings (SSSR count). The Morgan fingerprint density at radius 1 is 1.22 bits per heavy atom. The molecule has 0 bridgehead atoms. The van der Waals surface area contributed by atoms with E-state index >= 15 is 0 Å². The van der Waals surface area contributed by atoms with Crippen LogP contribution < -0.4 is 10.6 Å². The monoisotopic (exact) mass is 340 g/mol. The Morgan fingerprint density at radius 2 is 1.96 bits per heavy atom. The van der Waals surface area contributed by atoms with E-state index in [-0.39, 0.29) is 11.8 Å². The van der Waals surface area contributed by atoms with Crippen molar-refractivity contribution < 1.29 is 4.79 Å². The third-order valence-corrected chi connectivity index (χ3v) is 5.98. The molecule has 1 aliphatic heterocycles. The number of hydrogen-bond acceptors (Lipinski definition) is 3. The Balaban J connectivity index is 1.77. The zero-order chi connectivity index (χ0) is 16.7. The highest BCUT2D eigenvalue weighted by Crippen LogP contribution is 2.25. The fourth-order valence-corrected chi connectivity index (χ4v) is 4.69. The Kier molecular flexibility index (Phi) is 7.53. The van der Waals surface area contributed by atoms with Crippen LogP contribution in [-0.2, 0) is 4.79 Å². The molecule has 0 spiro atoms. The zero-order valence-corrected chi connectivity index (χ0v) is 15.6. The van der Waals surface area contributed by atoms with Gasteiger partial charge >= 0.3 is 0 Å². The van der Waals surface area contributed by atoms with E-state index in [4.69, 9.17) is 0 Å². The second kappa shape index (κ2) is 9.40. The van der Waals surface area contributed by atoms with Gasteiger partial charge in [-0.2, -0.15) is 11.8 Å². The molecule has 0 aromatic carbocycles. The van der Waals surface area contributed by atoms with E-state index in [9.17, 15) is 4.79 Å². The molecule has 0 aromatic rings. The minimum atomic E-state index is 0.157. The van der Waals surface area contributed by atoms with E-state index in [2.05, 4.69) is 27.4 Å². The predicted octanol–water partition coefficient (Wildman–Crippen LogP) is 1.94. The summed E-state index contributed by atoms with van der Waals surface area (Å²) in [4.78, 5) is 18.3. The van der Waals surface area contributed by atoms with Crippen LogP contribution >= 0.6 is 11.8 Å². The summed E-state index contributed by atoms with van der Waals surface area (Å²) in [7, 11) is 5.53. The molecule has 0 radical (unpaired) electrons. The van der Waals surface area contributed by atoms with Crippen LogP contribution in [-0.4, -0.2) is 62.0 Å². The summed E-state index contributed by atoms with van der Waals surface area (Å²) in [6, 6.07) is 0.353. The van der Waals surface area contributed by atoms with Gasteiger partial charge in [-0.25, -0.2) is 0 Å². The highest BCUT2D eigenvalue weighted by molar-refractivity contribution is 7.99. The standard InChI is InChI=1S/C17H32N4OS/c1-18-17(19-12-13-7-9-23-10-8-13)20-15-6-4-5-14(11-15)16(22)21(2)3/h13-15H,4-12H2,1-3H3,(H2,18,19,20). The van der Waals surface area contributed by atoms with Crippen molar-refractivity contribution in [3.8, 4) is 0 Å². The highest BCUT2D eigenvalue weighted by Gasteiger charge is 2.28. The van der Waals surface area contributed by atoms with Crippen molar-refractivity contribution in [3.05, 3.63) is 0 Å². The van der Waals surface area contributed by atoms with Crippen molar-refractivity contribution in [1.82, 2.24) is 15.5 Å². The van der Waals surface area contributed by atoms with E-state index in [1.165, 1.54) is 24.3 Å². The van der Waals surface area contributed by atoms with Gasteiger partial charge in [-0.15, -0.1) is 0 Å². The largest absolute Gasteiger partial charge is 0.356 e. The SMILES string of the molecule is CN=C(NCC1CCSCC1)NC1CCCC(C(=O)N(C)C)C1. The number of rotatable bonds is 4. The van der Waals surface area contributed by atoms with E-state index in [1.807, 2.05) is 21.1 Å². The second-order valence-electron chi connectivity index (χ2n) is 6.95. The van der Waals surface area contributed by atoms with Crippen LogP contribution in [0.1, 0.15) is 38.5 Å². The molecule has 1 amide bonds. The summed E-state index contributed by atoms with van der Waals surface area (Å²) in [5.41, 5.74) is 0. The first-order chi connectivity index (χ1) is 11.1. The normalized spacial score (nSPS) is 26.7. The zero-order valence-electron chi connectivity index (χ0n) is 14.8. The van der Waals surface area contributed by atoms with Crippen molar-refractivity contribution in [2.24, 2.45) is 16.8 Å². The Morgan fingerprint density at radius 3 is 2.61 bits per heavy atom. The maximum Gasteiger partial charge on any atom is 0.225 e. The molecular formula is C17H32N4OS. The van der Waals surface area contributed by atoms with E-state index in [0.717, 1.165) is 44.1 Å². The van der Waals surface area contributed by atoms with Gasteiger partial charge in [-0.3, -0.25) is 9.79 Å². The van der Waals surface area contributed by atoms with Gasteiger partial charge in [-0.1, -0.05) is 6.42 Å². The van der Waals surface area contributed by atoms with Crippen LogP contribution in [0.5, 0.6) is 0 Å². The maximum absolute atomic E-state index is 12.2. The maximum atomic E-state index is 12.2. The molecule has 1 saturated heterocycles. The van der Waals surface area contributed by atoms with Crippen molar-refractivity contribution in [3.63, 3.8) is 0 Å². The molecule has 23 heavy (non-hydrogen) atoms. The second-order valence-corrected chi connectivity index (χ2v) is 8.17. The number of carbonyl (C=O) groups is 1. The molecule has 1 aliphatic carbocycles. The number of aliphatic imine (C=N–C) groups is 1. The molecule has 2 atom stereocenters. The first-order valence-electron chi connectivity index (χ1n) is 8.86. The van der Waals surface area contributed by atoms with Crippen LogP contribution in [0.25, 0.3) is 0 Å². The van der Waals surface area contributed by atoms with Gasteiger partial charge in [-0.05, 0) is 49.5 Å². The fraction of sp³-hybridized carbons (Fsp3) is 0.882. The summed E-state index contributed by atoms with van der Waals surface area (Å²) in [6.45, 7) is 1.01. The van der Waals surface area contributed by atoms with Crippen LogP contribution in [0.4, 0.5) is 0 Å². The minimum Gasteiger partial charge on any atom is -0.356 e. The first-order valence-corrected chi connectivity index (χ1v) is 10.0. The Bertz CT molecular complexity index is 407. The molecule has 6 heteroatoms. The highest BCUT2D eigenvalue weighted by atomic mass is 32.2. The molecule has 2 unspecified atom stereocenters. The average molecular weight is 341 g/mol. The minimum absolute atomic E-state index is 0.157. The lowest BCUT2D eigenvalue weighted by Crippen LogP contribution is -2.48. The van der Waals surface area contributed by atoms with E-state index in [1.54, 1.807) is 4.90 Å². The molecule has 2 aliphatic rings. The average Bonchev–Trinajstić information content (AvgIpc) is 2.59. The van der Waals surface area contributed by atoms with Gasteiger partial charge in [0.05, 0.1) is 0 Å². The first kappa shape index (κ1) is 18.4. The van der Waals surface area contributed by atoms with Crippen molar-refractivity contribution in [2.45, 2.75) is 44.6 Å². The number of guanidine groups is 1. The quantitative estimate of drug-likeness (QED) is 0.607. The van der Waals surface area contributed by atoms with Crippen molar-refractivity contribution in [1.29, 1.82) is 0 Å². The third-order valence-electron chi connectivity index (χ3n) is 4.93. The number of nitrogens with one attached hydrogen (secondary N) is 2. The molecule has 0 aromatic heterocycles. The van der Waals surface area contributed by atoms with Crippen molar-refractivity contribution in [2.75, 3.05) is 39.2 Å². The van der Waals surface area contributed by atoms with Gasteiger partial charge in [0, 0.05) is 39.6 Å². The van der Waals surface area contributed by atoms with Gasteiger partial charge in [0.1, 0.15) is 0 Å².